The summed E-state index contributed by atoms with van der Waals surface area (Å²) in [5.74, 6) is -0.883. The number of benzene rings is 1. The smallest absolute Gasteiger partial charge is 0.426 e. The molecule has 0 amide bonds. The van der Waals surface area contributed by atoms with Gasteiger partial charge in [-0.25, -0.2) is 0 Å². The van der Waals surface area contributed by atoms with Crippen LogP contribution in [0.4, 0.5) is 13.2 Å². The van der Waals surface area contributed by atoms with E-state index in [4.69, 9.17) is 4.74 Å². The molecule has 1 fully saturated rings. The molecule has 0 heterocycles. The SMILES string of the molecule is O=C(CC1(O)CCCCC1)Oc1ccc(OC(F)(F)F)cc1. The van der Waals surface area contributed by atoms with Gasteiger partial charge in [0.05, 0.1) is 12.0 Å². The molecule has 0 bridgehead atoms. The number of alkyl halides is 3. The molecule has 22 heavy (non-hydrogen) atoms. The Labute approximate surface area is 125 Å². The number of carbonyl (C=O) groups excluding carboxylic acids is 1. The third kappa shape index (κ3) is 5.22. The highest BCUT2D eigenvalue weighted by atomic mass is 19.4. The van der Waals surface area contributed by atoms with Crippen LogP contribution in [0.15, 0.2) is 24.3 Å². The molecule has 122 valence electrons. The van der Waals surface area contributed by atoms with Crippen LogP contribution in [-0.4, -0.2) is 23.0 Å². The van der Waals surface area contributed by atoms with E-state index >= 15 is 0 Å². The van der Waals surface area contributed by atoms with Crippen molar-refractivity contribution >= 4 is 5.97 Å². The van der Waals surface area contributed by atoms with Crippen molar-refractivity contribution in [3.05, 3.63) is 24.3 Å². The van der Waals surface area contributed by atoms with E-state index in [0.717, 1.165) is 31.4 Å². The summed E-state index contributed by atoms with van der Waals surface area (Å²) in [5.41, 5.74) is -1.03. The van der Waals surface area contributed by atoms with E-state index in [-0.39, 0.29) is 12.2 Å². The molecule has 0 aliphatic heterocycles. The van der Waals surface area contributed by atoms with Crippen molar-refractivity contribution in [2.75, 3.05) is 0 Å². The highest BCUT2D eigenvalue weighted by molar-refractivity contribution is 5.73. The van der Waals surface area contributed by atoms with Crippen molar-refractivity contribution in [1.29, 1.82) is 0 Å². The molecule has 0 saturated heterocycles. The Hall–Kier alpha value is -1.76. The van der Waals surface area contributed by atoms with Crippen LogP contribution in [0.3, 0.4) is 0 Å². The molecule has 0 spiro atoms. The topological polar surface area (TPSA) is 55.8 Å². The van der Waals surface area contributed by atoms with Gasteiger partial charge >= 0.3 is 12.3 Å². The lowest BCUT2D eigenvalue weighted by atomic mass is 9.82. The van der Waals surface area contributed by atoms with Gasteiger partial charge in [-0.1, -0.05) is 19.3 Å². The summed E-state index contributed by atoms with van der Waals surface area (Å²) >= 11 is 0. The van der Waals surface area contributed by atoms with Crippen LogP contribution in [0.1, 0.15) is 38.5 Å². The van der Waals surface area contributed by atoms with Crippen LogP contribution in [-0.2, 0) is 4.79 Å². The summed E-state index contributed by atoms with van der Waals surface area (Å²) < 4.78 is 44.8. The van der Waals surface area contributed by atoms with Gasteiger partial charge in [0.25, 0.3) is 0 Å². The van der Waals surface area contributed by atoms with E-state index in [1.165, 1.54) is 12.1 Å². The van der Waals surface area contributed by atoms with E-state index in [9.17, 15) is 23.1 Å². The van der Waals surface area contributed by atoms with Gasteiger partial charge in [0.15, 0.2) is 0 Å². The summed E-state index contributed by atoms with van der Waals surface area (Å²) in [6.45, 7) is 0. The van der Waals surface area contributed by atoms with Crippen molar-refractivity contribution in [2.45, 2.75) is 50.5 Å². The average molecular weight is 318 g/mol. The largest absolute Gasteiger partial charge is 0.573 e. The van der Waals surface area contributed by atoms with Crippen molar-refractivity contribution in [2.24, 2.45) is 0 Å². The molecule has 1 aliphatic rings. The maximum absolute atomic E-state index is 12.0. The van der Waals surface area contributed by atoms with Crippen molar-refractivity contribution < 1.29 is 32.5 Å². The van der Waals surface area contributed by atoms with Crippen LogP contribution >= 0.6 is 0 Å². The van der Waals surface area contributed by atoms with Crippen molar-refractivity contribution in [3.63, 3.8) is 0 Å². The van der Waals surface area contributed by atoms with Crippen molar-refractivity contribution in [1.82, 2.24) is 0 Å². The monoisotopic (exact) mass is 318 g/mol. The zero-order valence-electron chi connectivity index (χ0n) is 11.9. The first kappa shape index (κ1) is 16.6. The Kier molecular flexibility index (Phi) is 4.95. The second-order valence-corrected chi connectivity index (χ2v) is 5.46. The quantitative estimate of drug-likeness (QED) is 0.681. The Morgan fingerprint density at radius 2 is 1.64 bits per heavy atom. The third-order valence-electron chi connectivity index (χ3n) is 3.55. The highest BCUT2D eigenvalue weighted by Gasteiger charge is 2.33. The lowest BCUT2D eigenvalue weighted by molar-refractivity contribution is -0.274. The minimum absolute atomic E-state index is 0.110. The molecule has 0 aromatic heterocycles. The fraction of sp³-hybridized carbons (Fsp3) is 0.533. The fourth-order valence-electron chi connectivity index (χ4n) is 2.53. The first-order valence-electron chi connectivity index (χ1n) is 7.05. The molecule has 0 unspecified atom stereocenters. The fourth-order valence-corrected chi connectivity index (χ4v) is 2.53. The Morgan fingerprint density at radius 3 is 2.18 bits per heavy atom. The third-order valence-corrected chi connectivity index (χ3v) is 3.55. The van der Waals surface area contributed by atoms with Crippen molar-refractivity contribution in [3.8, 4) is 11.5 Å². The zero-order valence-corrected chi connectivity index (χ0v) is 11.9. The van der Waals surface area contributed by atoms with Crippen LogP contribution < -0.4 is 9.47 Å². The Balaban J connectivity index is 1.89. The molecule has 1 aromatic rings. The predicted octanol–water partition coefficient (Wildman–Crippen LogP) is 3.58. The maximum atomic E-state index is 12.0. The zero-order chi connectivity index (χ0) is 16.2. The number of halogens is 3. The lowest BCUT2D eigenvalue weighted by Gasteiger charge is -2.30. The second kappa shape index (κ2) is 6.56. The number of aliphatic hydroxyl groups is 1. The molecule has 1 N–H and O–H groups in total. The molecule has 4 nitrogen and oxygen atoms in total. The summed E-state index contributed by atoms with van der Waals surface area (Å²) in [4.78, 5) is 11.8. The first-order valence-corrected chi connectivity index (χ1v) is 7.05. The molecule has 7 heteroatoms. The number of hydrogen-bond acceptors (Lipinski definition) is 4. The molecule has 0 atom stereocenters. The molecular weight excluding hydrogens is 301 g/mol. The Bertz CT molecular complexity index is 505. The first-order chi connectivity index (χ1) is 10.3. The van der Waals surface area contributed by atoms with Crippen LogP contribution in [0.5, 0.6) is 11.5 Å². The average Bonchev–Trinajstić information content (AvgIpc) is 2.39. The summed E-state index contributed by atoms with van der Waals surface area (Å²) in [6.07, 6.45) is -0.990. The predicted molar refractivity (Wildman–Crippen MR) is 71.4 cm³/mol. The number of hydrogen-bond donors (Lipinski definition) is 1. The van der Waals surface area contributed by atoms with E-state index in [2.05, 4.69) is 4.74 Å². The van der Waals surface area contributed by atoms with Gasteiger partial charge in [0.2, 0.25) is 0 Å². The molecule has 1 aliphatic carbocycles. The highest BCUT2D eigenvalue weighted by Crippen LogP contribution is 2.31. The van der Waals surface area contributed by atoms with Gasteiger partial charge in [-0.15, -0.1) is 13.2 Å². The van der Waals surface area contributed by atoms with Gasteiger partial charge in [-0.2, -0.15) is 0 Å². The summed E-state index contributed by atoms with van der Waals surface area (Å²) in [6, 6.07) is 4.55. The lowest BCUT2D eigenvalue weighted by Crippen LogP contribution is -2.35. The number of esters is 1. The normalized spacial score (nSPS) is 17.8. The maximum Gasteiger partial charge on any atom is 0.573 e. The van der Waals surface area contributed by atoms with Gasteiger partial charge < -0.3 is 14.6 Å². The number of rotatable bonds is 4. The van der Waals surface area contributed by atoms with Gasteiger partial charge in [0.1, 0.15) is 11.5 Å². The summed E-state index contributed by atoms with van der Waals surface area (Å²) in [5, 5.41) is 10.2. The molecule has 0 radical (unpaired) electrons. The van der Waals surface area contributed by atoms with E-state index in [1.807, 2.05) is 0 Å². The van der Waals surface area contributed by atoms with E-state index in [0.29, 0.717) is 12.8 Å². The van der Waals surface area contributed by atoms with Gasteiger partial charge in [-0.05, 0) is 37.1 Å². The molecular formula is C15H17F3O4. The number of ether oxygens (including phenoxy) is 2. The second-order valence-electron chi connectivity index (χ2n) is 5.46. The molecule has 2 rings (SSSR count). The minimum Gasteiger partial charge on any atom is -0.426 e. The van der Waals surface area contributed by atoms with Gasteiger partial charge in [-0.3, -0.25) is 4.79 Å². The summed E-state index contributed by atoms with van der Waals surface area (Å²) in [7, 11) is 0. The van der Waals surface area contributed by atoms with E-state index < -0.39 is 23.7 Å². The van der Waals surface area contributed by atoms with Crippen LogP contribution in [0.2, 0.25) is 0 Å². The molecule has 1 saturated carbocycles. The van der Waals surface area contributed by atoms with Crippen LogP contribution in [0, 0.1) is 0 Å². The molecule has 1 aromatic carbocycles. The standard InChI is InChI=1S/C15H17F3O4/c16-15(17,18)22-12-6-4-11(5-7-12)21-13(19)10-14(20)8-2-1-3-9-14/h4-7,20H,1-3,8-10H2. The minimum atomic E-state index is -4.76. The Morgan fingerprint density at radius 1 is 1.09 bits per heavy atom. The number of carbonyl (C=O) groups is 1. The van der Waals surface area contributed by atoms with Crippen LogP contribution in [0.25, 0.3) is 0 Å². The van der Waals surface area contributed by atoms with Gasteiger partial charge in [0, 0.05) is 0 Å². The van der Waals surface area contributed by atoms with E-state index in [1.54, 1.807) is 0 Å².